The molecule has 0 atom stereocenters. The van der Waals surface area contributed by atoms with Gasteiger partial charge in [-0.3, -0.25) is 4.90 Å². The molecule has 1 fully saturated rings. The van der Waals surface area contributed by atoms with Gasteiger partial charge < -0.3 is 0 Å². The first-order valence-corrected chi connectivity index (χ1v) is 6.84. The quantitative estimate of drug-likeness (QED) is 0.635. The highest BCUT2D eigenvalue weighted by molar-refractivity contribution is 7.90. The Bertz CT molecular complexity index is 310. The van der Waals surface area contributed by atoms with E-state index >= 15 is 0 Å². The molecule has 0 saturated carbocycles. The van der Waals surface area contributed by atoms with Crippen molar-refractivity contribution in [2.75, 3.05) is 31.6 Å². The Morgan fingerprint density at radius 2 is 2.00 bits per heavy atom. The van der Waals surface area contributed by atoms with E-state index in [0.29, 0.717) is 18.2 Å². The lowest BCUT2D eigenvalue weighted by Gasteiger charge is -2.29. The maximum atomic E-state index is 11.0. The van der Waals surface area contributed by atoms with Crippen molar-refractivity contribution in [2.45, 2.75) is 12.8 Å². The van der Waals surface area contributed by atoms with Gasteiger partial charge in [0, 0.05) is 6.26 Å². The van der Waals surface area contributed by atoms with Crippen molar-refractivity contribution < 1.29 is 8.42 Å². The molecule has 0 aromatic heterocycles. The van der Waals surface area contributed by atoms with Crippen LogP contribution in [-0.2, 0) is 9.84 Å². The number of hydrogen-bond donors (Lipinski definition) is 0. The highest BCUT2D eigenvalue weighted by Gasteiger charge is 2.21. The molecule has 1 saturated heterocycles. The summed E-state index contributed by atoms with van der Waals surface area (Å²) in [6, 6.07) is 2.11. The fourth-order valence-electron chi connectivity index (χ4n) is 1.84. The molecular formula is C9H16N2O2S. The van der Waals surface area contributed by atoms with E-state index in [1.165, 1.54) is 6.26 Å². The van der Waals surface area contributed by atoms with Crippen LogP contribution in [0.1, 0.15) is 12.8 Å². The first-order valence-electron chi connectivity index (χ1n) is 4.78. The van der Waals surface area contributed by atoms with Crippen molar-refractivity contribution in [1.29, 1.82) is 5.26 Å². The normalized spacial score (nSPS) is 20.6. The highest BCUT2D eigenvalue weighted by Crippen LogP contribution is 2.18. The third kappa shape index (κ3) is 4.07. The van der Waals surface area contributed by atoms with E-state index < -0.39 is 9.84 Å². The summed E-state index contributed by atoms with van der Waals surface area (Å²) < 4.78 is 22.1. The van der Waals surface area contributed by atoms with Gasteiger partial charge in [0.1, 0.15) is 9.84 Å². The summed E-state index contributed by atoms with van der Waals surface area (Å²) >= 11 is 0. The topological polar surface area (TPSA) is 61.2 Å². The molecule has 0 amide bonds. The number of sulfone groups is 1. The molecule has 80 valence electrons. The van der Waals surface area contributed by atoms with Crippen LogP contribution in [0.5, 0.6) is 0 Å². The van der Waals surface area contributed by atoms with E-state index in [1.54, 1.807) is 0 Å². The third-order valence-electron chi connectivity index (χ3n) is 2.54. The number of rotatable bonds is 3. The second-order valence-corrected chi connectivity index (χ2v) is 6.15. The van der Waals surface area contributed by atoms with E-state index in [2.05, 4.69) is 11.0 Å². The molecule has 0 unspecified atom stereocenters. The van der Waals surface area contributed by atoms with Crippen molar-refractivity contribution in [1.82, 2.24) is 4.90 Å². The monoisotopic (exact) mass is 216 g/mol. The molecule has 0 radical (unpaired) electrons. The van der Waals surface area contributed by atoms with Crippen LogP contribution in [0.3, 0.4) is 0 Å². The predicted octanol–water partition coefficient (Wildman–Crippen LogP) is 0.267. The van der Waals surface area contributed by atoms with Crippen LogP contribution in [-0.4, -0.2) is 45.0 Å². The fourth-order valence-corrected chi connectivity index (χ4v) is 3.03. The molecule has 0 N–H and O–H groups in total. The fraction of sp³-hybridized carbons (Fsp3) is 0.889. The molecule has 0 aliphatic carbocycles. The van der Waals surface area contributed by atoms with Gasteiger partial charge >= 0.3 is 0 Å². The van der Waals surface area contributed by atoms with E-state index in [9.17, 15) is 8.42 Å². The molecular weight excluding hydrogens is 200 g/mol. The van der Waals surface area contributed by atoms with Crippen molar-refractivity contribution in [3.63, 3.8) is 0 Å². The summed E-state index contributed by atoms with van der Waals surface area (Å²) in [5, 5.41) is 8.48. The van der Waals surface area contributed by atoms with Gasteiger partial charge in [-0.1, -0.05) is 0 Å². The Labute approximate surface area is 85.4 Å². The molecule has 5 heteroatoms. The van der Waals surface area contributed by atoms with E-state index in [-0.39, 0.29) is 0 Å². The van der Waals surface area contributed by atoms with Crippen LogP contribution in [0.15, 0.2) is 0 Å². The molecule has 0 aromatic rings. The largest absolute Gasteiger partial charge is 0.291 e. The Balaban J connectivity index is 2.33. The molecule has 0 bridgehead atoms. The lowest BCUT2D eigenvalue weighted by atomic mass is 9.99. The molecule has 4 nitrogen and oxygen atoms in total. The van der Waals surface area contributed by atoms with Crippen LogP contribution in [0.2, 0.25) is 0 Å². The minimum atomic E-state index is -2.84. The molecule has 14 heavy (non-hydrogen) atoms. The standard InChI is InChI=1S/C9H16N2O2S/c1-14(12,13)8-9-2-5-11(6-3-9)7-4-10/h9H,2-3,5-8H2,1H3. The second-order valence-electron chi connectivity index (χ2n) is 3.97. The lowest BCUT2D eigenvalue weighted by molar-refractivity contribution is 0.213. The molecule has 1 aliphatic rings. The smallest absolute Gasteiger partial charge is 0.147 e. The first kappa shape index (κ1) is 11.5. The summed E-state index contributed by atoms with van der Waals surface area (Å²) in [4.78, 5) is 2.07. The lowest BCUT2D eigenvalue weighted by Crippen LogP contribution is -2.35. The maximum Gasteiger partial charge on any atom is 0.147 e. The summed E-state index contributed by atoms with van der Waals surface area (Å²) in [7, 11) is -2.84. The van der Waals surface area contributed by atoms with E-state index in [0.717, 1.165) is 25.9 Å². The van der Waals surface area contributed by atoms with E-state index in [4.69, 9.17) is 5.26 Å². The second kappa shape index (κ2) is 4.76. The zero-order valence-electron chi connectivity index (χ0n) is 8.44. The molecule has 1 heterocycles. The average Bonchev–Trinajstić information content (AvgIpc) is 2.06. The number of hydrogen-bond acceptors (Lipinski definition) is 4. The van der Waals surface area contributed by atoms with Crippen LogP contribution >= 0.6 is 0 Å². The highest BCUT2D eigenvalue weighted by atomic mass is 32.2. The van der Waals surface area contributed by atoms with Gasteiger partial charge in [0.25, 0.3) is 0 Å². The number of nitrogens with zero attached hydrogens (tertiary/aromatic N) is 2. The van der Waals surface area contributed by atoms with Gasteiger partial charge in [-0.25, -0.2) is 8.42 Å². The van der Waals surface area contributed by atoms with Crippen molar-refractivity contribution >= 4 is 9.84 Å². The summed E-state index contributed by atoms with van der Waals surface area (Å²) in [5.74, 6) is 0.591. The maximum absolute atomic E-state index is 11.0. The molecule has 1 aliphatic heterocycles. The average molecular weight is 216 g/mol. The van der Waals surface area contributed by atoms with Crippen LogP contribution in [0.25, 0.3) is 0 Å². The van der Waals surface area contributed by atoms with Crippen molar-refractivity contribution in [3.05, 3.63) is 0 Å². The minimum Gasteiger partial charge on any atom is -0.291 e. The molecule has 0 aromatic carbocycles. The number of likely N-dealkylation sites (tertiary alicyclic amines) is 1. The van der Waals surface area contributed by atoms with Crippen LogP contribution in [0, 0.1) is 17.2 Å². The zero-order chi connectivity index (χ0) is 10.6. The Hall–Kier alpha value is -0.600. The summed E-state index contributed by atoms with van der Waals surface area (Å²) in [6.07, 6.45) is 3.08. The predicted molar refractivity (Wildman–Crippen MR) is 54.5 cm³/mol. The van der Waals surface area contributed by atoms with Gasteiger partial charge in [-0.15, -0.1) is 0 Å². The van der Waals surface area contributed by atoms with Crippen LogP contribution < -0.4 is 0 Å². The Kier molecular flexibility index (Phi) is 3.90. The Morgan fingerprint density at radius 3 is 2.43 bits per heavy atom. The SMILES string of the molecule is CS(=O)(=O)CC1CCN(CC#N)CC1. The van der Waals surface area contributed by atoms with Crippen molar-refractivity contribution in [2.24, 2.45) is 5.92 Å². The number of nitriles is 1. The van der Waals surface area contributed by atoms with Gasteiger partial charge in [-0.05, 0) is 31.8 Å². The first-order chi connectivity index (χ1) is 6.51. The summed E-state index contributed by atoms with van der Waals surface area (Å²) in [6.45, 7) is 2.17. The zero-order valence-corrected chi connectivity index (χ0v) is 9.26. The Morgan fingerprint density at radius 1 is 1.43 bits per heavy atom. The van der Waals surface area contributed by atoms with Gasteiger partial charge in [0.15, 0.2) is 0 Å². The summed E-state index contributed by atoms with van der Waals surface area (Å²) in [5.41, 5.74) is 0. The third-order valence-corrected chi connectivity index (χ3v) is 3.62. The number of piperidine rings is 1. The minimum absolute atomic E-state index is 0.292. The van der Waals surface area contributed by atoms with Gasteiger partial charge in [0.2, 0.25) is 0 Å². The van der Waals surface area contributed by atoms with E-state index in [1.807, 2.05) is 0 Å². The molecule has 1 rings (SSSR count). The van der Waals surface area contributed by atoms with Gasteiger partial charge in [0.05, 0.1) is 18.4 Å². The molecule has 0 spiro atoms. The van der Waals surface area contributed by atoms with Gasteiger partial charge in [-0.2, -0.15) is 5.26 Å². The van der Waals surface area contributed by atoms with Crippen LogP contribution in [0.4, 0.5) is 0 Å². The van der Waals surface area contributed by atoms with Crippen molar-refractivity contribution in [3.8, 4) is 6.07 Å².